The Bertz CT molecular complexity index is 2270. The summed E-state index contributed by atoms with van der Waals surface area (Å²) in [6, 6.07) is 14.0. The van der Waals surface area contributed by atoms with Crippen LogP contribution in [0.5, 0.6) is 5.88 Å². The van der Waals surface area contributed by atoms with E-state index < -0.39 is 23.6 Å². The average molecular weight is 720 g/mol. The molecule has 3 atom stereocenters. The molecule has 4 heterocycles. The van der Waals surface area contributed by atoms with Crippen LogP contribution in [0.3, 0.4) is 0 Å². The number of nitrogens with one attached hydrogen (secondary N) is 1. The third-order valence-electron chi connectivity index (χ3n) is 10.3. The van der Waals surface area contributed by atoms with Crippen LogP contribution in [0.4, 0.5) is 20.3 Å². The van der Waals surface area contributed by atoms with Gasteiger partial charge in [-0.3, -0.25) is 14.5 Å². The average Bonchev–Trinajstić information content (AvgIpc) is 3.37. The summed E-state index contributed by atoms with van der Waals surface area (Å²) >= 11 is 14.1. The van der Waals surface area contributed by atoms with Crippen molar-refractivity contribution in [3.63, 3.8) is 0 Å². The summed E-state index contributed by atoms with van der Waals surface area (Å²) in [6.45, 7) is 1.52. The number of aryl methyl sites for hydroxylation is 2. The smallest absolute Gasteiger partial charge is 0.307 e. The predicted molar refractivity (Wildman–Crippen MR) is 185 cm³/mol. The Labute approximate surface area is 294 Å². The lowest BCUT2D eigenvalue weighted by atomic mass is 9.99. The number of benzene rings is 2. The normalized spacial score (nSPS) is 21.0. The third kappa shape index (κ3) is 5.28. The number of ether oxygens (including phenoxy) is 1. The summed E-state index contributed by atoms with van der Waals surface area (Å²) < 4.78 is 34.5. The van der Waals surface area contributed by atoms with Gasteiger partial charge in [-0.05, 0) is 48.4 Å². The fourth-order valence-electron chi connectivity index (χ4n) is 7.80. The number of carboxylic acids is 1. The third-order valence-corrected chi connectivity index (χ3v) is 11.1. The number of rotatable bonds is 8. The first-order valence-corrected chi connectivity index (χ1v) is 16.9. The molecule has 5 aromatic rings. The minimum Gasteiger partial charge on any atom is -0.481 e. The summed E-state index contributed by atoms with van der Waals surface area (Å²) in [5, 5.41) is 17.4. The van der Waals surface area contributed by atoms with Crippen molar-refractivity contribution in [1.82, 2.24) is 24.6 Å². The van der Waals surface area contributed by atoms with Crippen molar-refractivity contribution >= 4 is 51.4 Å². The lowest BCUT2D eigenvalue weighted by Crippen LogP contribution is -2.29. The molecule has 1 saturated carbocycles. The predicted octanol–water partition coefficient (Wildman–Crippen LogP) is 7.30. The van der Waals surface area contributed by atoms with Crippen LogP contribution in [-0.2, 0) is 18.3 Å². The van der Waals surface area contributed by atoms with Crippen LogP contribution in [0.15, 0.2) is 59.5 Å². The van der Waals surface area contributed by atoms with Gasteiger partial charge in [0, 0.05) is 53.8 Å². The van der Waals surface area contributed by atoms with Gasteiger partial charge in [0.2, 0.25) is 5.88 Å². The van der Waals surface area contributed by atoms with Gasteiger partial charge >= 0.3 is 5.97 Å². The molecule has 0 amide bonds. The lowest BCUT2D eigenvalue weighted by Gasteiger charge is -2.27. The molecule has 2 aromatic carbocycles. The van der Waals surface area contributed by atoms with Gasteiger partial charge in [0.05, 0.1) is 46.0 Å². The Morgan fingerprint density at radius 1 is 1.04 bits per heavy atom. The van der Waals surface area contributed by atoms with Crippen molar-refractivity contribution < 1.29 is 23.4 Å². The number of carboxylic acid groups (broad SMARTS) is 1. The zero-order valence-corrected chi connectivity index (χ0v) is 28.3. The van der Waals surface area contributed by atoms with Crippen molar-refractivity contribution in [2.75, 3.05) is 25.5 Å². The number of hydrogen-bond donors (Lipinski definition) is 2. The van der Waals surface area contributed by atoms with Crippen LogP contribution in [0, 0.1) is 17.8 Å². The molecule has 3 unspecified atom stereocenters. The zero-order chi connectivity index (χ0) is 35.0. The molecule has 50 heavy (non-hydrogen) atoms. The summed E-state index contributed by atoms with van der Waals surface area (Å²) in [6.07, 6.45) is 0.184. The molecule has 0 bridgehead atoms. The Hall–Kier alpha value is -4.65. The molecule has 2 aliphatic carbocycles. The van der Waals surface area contributed by atoms with Crippen molar-refractivity contribution in [2.24, 2.45) is 24.8 Å². The SMILES string of the molecule is COc1nc(-c2cccc(-c3cccc(Nc4nc(C(F)F)cc5cnn(C)c(=O)c45)c3Cl)c2Cl)cc2c1C(N1CC3C(C1)C3C(=O)O)CC2. The molecule has 0 radical (unpaired) electrons. The van der Waals surface area contributed by atoms with Crippen LogP contribution in [0.1, 0.15) is 35.7 Å². The number of anilines is 2. The fourth-order valence-corrected chi connectivity index (χ4v) is 8.40. The molecule has 2 fully saturated rings. The van der Waals surface area contributed by atoms with Crippen LogP contribution < -0.4 is 15.6 Å². The minimum absolute atomic E-state index is 0.0694. The van der Waals surface area contributed by atoms with E-state index in [4.69, 9.17) is 32.9 Å². The van der Waals surface area contributed by atoms with Gasteiger partial charge in [-0.2, -0.15) is 5.10 Å². The van der Waals surface area contributed by atoms with Gasteiger partial charge in [0.1, 0.15) is 11.5 Å². The molecule has 3 aromatic heterocycles. The standard InChI is InChI=1S/C36H30Cl2F2N6O4/c1-45-35(47)28-17(13-41-45)12-25(32(39)40)43-33(28)42-23-8-4-6-19(31(23)38)18-5-3-7-20(30(18)37)24-11-16-9-10-26(27(16)34(44-24)50-2)46-14-21-22(15-46)29(21)36(48)49/h3-8,11-13,21-22,26,29,32H,9-10,14-15H2,1-2H3,(H,42,43)(H,48,49). The largest absolute Gasteiger partial charge is 0.481 e. The summed E-state index contributed by atoms with van der Waals surface area (Å²) in [4.78, 5) is 35.9. The van der Waals surface area contributed by atoms with E-state index in [1.54, 1.807) is 25.3 Å². The number of pyridine rings is 2. The maximum Gasteiger partial charge on any atom is 0.307 e. The number of piperidine rings is 1. The maximum absolute atomic E-state index is 13.8. The first-order valence-electron chi connectivity index (χ1n) is 16.1. The molecular formula is C36H30Cl2F2N6O4. The van der Waals surface area contributed by atoms with Crippen molar-refractivity contribution in [2.45, 2.75) is 25.3 Å². The van der Waals surface area contributed by atoms with E-state index >= 15 is 0 Å². The molecular weight excluding hydrogens is 689 g/mol. The first kappa shape index (κ1) is 32.5. The number of carbonyl (C=O) groups is 1. The van der Waals surface area contributed by atoms with Gasteiger partial charge in [0.25, 0.3) is 12.0 Å². The summed E-state index contributed by atoms with van der Waals surface area (Å²) in [5.41, 5.74) is 3.96. The van der Waals surface area contributed by atoms with Crippen molar-refractivity contribution in [3.05, 3.63) is 91.9 Å². The number of alkyl halides is 2. The van der Waals surface area contributed by atoms with E-state index in [1.807, 2.05) is 24.3 Å². The molecule has 0 spiro atoms. The van der Waals surface area contributed by atoms with Gasteiger partial charge in [0.15, 0.2) is 0 Å². The second-order valence-electron chi connectivity index (χ2n) is 13.0. The second kappa shape index (κ2) is 12.3. The Morgan fingerprint density at radius 2 is 1.74 bits per heavy atom. The number of hydrogen-bond acceptors (Lipinski definition) is 8. The van der Waals surface area contributed by atoms with Gasteiger partial charge in [-0.15, -0.1) is 0 Å². The second-order valence-corrected chi connectivity index (χ2v) is 13.7. The molecule has 2 N–H and O–H groups in total. The number of nitrogens with zero attached hydrogens (tertiary/aromatic N) is 5. The molecule has 10 nitrogen and oxygen atoms in total. The van der Waals surface area contributed by atoms with E-state index in [2.05, 4.69) is 20.3 Å². The first-order chi connectivity index (χ1) is 24.0. The van der Waals surface area contributed by atoms with Crippen molar-refractivity contribution in [3.8, 4) is 28.3 Å². The molecule has 256 valence electrons. The molecule has 14 heteroatoms. The summed E-state index contributed by atoms with van der Waals surface area (Å²) in [5.74, 6) is -0.0595. The molecule has 8 rings (SSSR count). The number of aromatic nitrogens is 4. The van der Waals surface area contributed by atoms with Crippen LogP contribution in [0.25, 0.3) is 33.2 Å². The molecule has 3 aliphatic rings. The molecule has 1 saturated heterocycles. The van der Waals surface area contributed by atoms with E-state index in [0.29, 0.717) is 39.0 Å². The number of aliphatic carboxylic acids is 1. The quantitative estimate of drug-likeness (QED) is 0.170. The number of halogens is 4. The Balaban J connectivity index is 1.13. The number of methoxy groups -OCH3 is 1. The van der Waals surface area contributed by atoms with Crippen molar-refractivity contribution in [1.29, 1.82) is 0 Å². The van der Waals surface area contributed by atoms with E-state index in [9.17, 15) is 23.5 Å². The molecule has 1 aliphatic heterocycles. The highest BCUT2D eigenvalue weighted by molar-refractivity contribution is 6.39. The maximum atomic E-state index is 13.8. The monoisotopic (exact) mass is 718 g/mol. The summed E-state index contributed by atoms with van der Waals surface area (Å²) in [7, 11) is 3.06. The van der Waals surface area contributed by atoms with E-state index in [1.165, 1.54) is 13.2 Å². The Kier molecular flexibility index (Phi) is 8.00. The highest BCUT2D eigenvalue weighted by Gasteiger charge is 2.60. The van der Waals surface area contributed by atoms with Gasteiger partial charge in [-0.25, -0.2) is 23.4 Å². The Morgan fingerprint density at radius 3 is 2.44 bits per heavy atom. The van der Waals surface area contributed by atoms with Gasteiger partial charge in [-0.1, -0.05) is 53.5 Å². The fraction of sp³-hybridized carbons (Fsp3) is 0.306. The number of likely N-dealkylation sites (tertiary alicyclic amines) is 1. The van der Waals surface area contributed by atoms with E-state index in [-0.39, 0.29) is 45.4 Å². The zero-order valence-electron chi connectivity index (χ0n) is 26.8. The minimum atomic E-state index is -2.87. The van der Waals surface area contributed by atoms with Crippen LogP contribution in [0.2, 0.25) is 10.0 Å². The van der Waals surface area contributed by atoms with Crippen LogP contribution >= 0.6 is 23.2 Å². The van der Waals surface area contributed by atoms with Crippen LogP contribution in [-0.4, -0.2) is 55.9 Å². The van der Waals surface area contributed by atoms with Gasteiger partial charge < -0.3 is 15.2 Å². The lowest BCUT2D eigenvalue weighted by molar-refractivity contribution is -0.139. The highest BCUT2D eigenvalue weighted by Crippen LogP contribution is 2.55. The topological polar surface area (TPSA) is 122 Å². The van der Waals surface area contributed by atoms with E-state index in [0.717, 1.165) is 47.8 Å². The number of fused-ring (bicyclic) bond motifs is 3. The highest BCUT2D eigenvalue weighted by atomic mass is 35.5.